The zero-order chi connectivity index (χ0) is 12.8. The van der Waals surface area contributed by atoms with Crippen LogP contribution in [0.3, 0.4) is 0 Å². The smallest absolute Gasteiger partial charge is 0.374 e. The summed E-state index contributed by atoms with van der Waals surface area (Å²) in [7, 11) is 0. The van der Waals surface area contributed by atoms with Crippen LogP contribution >= 0.6 is 11.8 Å². The SMILES string of the molecule is CC(OC(=O)Sc1ccccn1)c1ccccc1. The highest BCUT2D eigenvalue weighted by molar-refractivity contribution is 8.13. The topological polar surface area (TPSA) is 39.2 Å². The molecule has 0 aliphatic rings. The molecule has 3 nitrogen and oxygen atoms in total. The summed E-state index contributed by atoms with van der Waals surface area (Å²) in [6.45, 7) is 1.85. The van der Waals surface area contributed by atoms with Gasteiger partial charge in [-0.05, 0) is 24.6 Å². The third kappa shape index (κ3) is 3.60. The number of hydrogen-bond donors (Lipinski definition) is 0. The van der Waals surface area contributed by atoms with Crippen molar-refractivity contribution in [2.24, 2.45) is 0 Å². The van der Waals surface area contributed by atoms with Crippen LogP contribution in [-0.2, 0) is 4.74 Å². The summed E-state index contributed by atoms with van der Waals surface area (Å²) in [5.41, 5.74) is 0.979. The van der Waals surface area contributed by atoms with Gasteiger partial charge in [0.1, 0.15) is 11.1 Å². The standard InChI is InChI=1S/C14H13NO2S/c1-11(12-7-3-2-4-8-12)17-14(16)18-13-9-5-6-10-15-13/h2-11H,1H3. The van der Waals surface area contributed by atoms with E-state index in [1.165, 1.54) is 0 Å². The zero-order valence-corrected chi connectivity index (χ0v) is 10.8. The van der Waals surface area contributed by atoms with E-state index in [2.05, 4.69) is 4.98 Å². The van der Waals surface area contributed by atoms with Gasteiger partial charge in [-0.15, -0.1) is 0 Å². The molecule has 18 heavy (non-hydrogen) atoms. The molecular weight excluding hydrogens is 246 g/mol. The molecule has 0 bridgehead atoms. The van der Waals surface area contributed by atoms with Gasteiger partial charge in [0.05, 0.1) is 0 Å². The minimum Gasteiger partial charge on any atom is -0.449 e. The molecular formula is C14H13NO2S. The molecule has 0 saturated heterocycles. The Morgan fingerprint density at radius 1 is 1.17 bits per heavy atom. The number of nitrogens with zero attached hydrogens (tertiary/aromatic N) is 1. The van der Waals surface area contributed by atoms with Crippen LogP contribution in [0, 0.1) is 0 Å². The van der Waals surface area contributed by atoms with Crippen molar-refractivity contribution in [2.45, 2.75) is 18.1 Å². The highest BCUT2D eigenvalue weighted by Gasteiger charge is 2.13. The first-order valence-corrected chi connectivity index (χ1v) is 6.42. The zero-order valence-electron chi connectivity index (χ0n) is 9.95. The Kier molecular flexibility index (Phi) is 4.36. The van der Waals surface area contributed by atoms with Gasteiger partial charge in [-0.1, -0.05) is 36.4 Å². The Bertz CT molecular complexity index is 502. The number of thioether (sulfide) groups is 1. The van der Waals surface area contributed by atoms with Crippen molar-refractivity contribution in [1.29, 1.82) is 0 Å². The summed E-state index contributed by atoms with van der Waals surface area (Å²) >= 11 is 0.994. The molecule has 0 radical (unpaired) electrons. The Morgan fingerprint density at radius 3 is 2.56 bits per heavy atom. The summed E-state index contributed by atoms with van der Waals surface area (Å²) in [6.07, 6.45) is 1.39. The Labute approximate surface area is 110 Å². The van der Waals surface area contributed by atoms with Crippen LogP contribution in [0.4, 0.5) is 4.79 Å². The Hall–Kier alpha value is -1.81. The number of benzene rings is 1. The lowest BCUT2D eigenvalue weighted by Crippen LogP contribution is -2.03. The van der Waals surface area contributed by atoms with E-state index in [-0.39, 0.29) is 11.4 Å². The summed E-state index contributed by atoms with van der Waals surface area (Å²) in [6, 6.07) is 15.1. The number of hydrogen-bond acceptors (Lipinski definition) is 4. The first-order valence-electron chi connectivity index (χ1n) is 5.60. The number of rotatable bonds is 3. The van der Waals surface area contributed by atoms with Crippen LogP contribution in [0.2, 0.25) is 0 Å². The van der Waals surface area contributed by atoms with Crippen LogP contribution in [0.25, 0.3) is 0 Å². The lowest BCUT2D eigenvalue weighted by atomic mass is 10.1. The van der Waals surface area contributed by atoms with Crippen molar-refractivity contribution in [3.63, 3.8) is 0 Å². The fraction of sp³-hybridized carbons (Fsp3) is 0.143. The predicted molar refractivity (Wildman–Crippen MR) is 71.4 cm³/mol. The van der Waals surface area contributed by atoms with E-state index in [0.29, 0.717) is 5.03 Å². The summed E-state index contributed by atoms with van der Waals surface area (Å²) in [5.74, 6) is 0. The van der Waals surface area contributed by atoms with Gasteiger partial charge in [-0.25, -0.2) is 9.78 Å². The van der Waals surface area contributed by atoms with Gasteiger partial charge in [-0.2, -0.15) is 0 Å². The normalized spacial score (nSPS) is 11.8. The molecule has 2 aromatic rings. The molecule has 1 atom stereocenters. The fourth-order valence-electron chi connectivity index (χ4n) is 1.45. The molecule has 4 heteroatoms. The molecule has 2 rings (SSSR count). The average Bonchev–Trinajstić information content (AvgIpc) is 2.40. The molecule has 0 aliphatic carbocycles. The number of carbonyl (C=O) groups is 1. The van der Waals surface area contributed by atoms with Gasteiger partial charge in [0.25, 0.3) is 0 Å². The van der Waals surface area contributed by atoms with Gasteiger partial charge < -0.3 is 4.74 Å². The minimum atomic E-state index is -0.343. The second-order valence-electron chi connectivity index (χ2n) is 3.69. The van der Waals surface area contributed by atoms with Crippen molar-refractivity contribution >= 4 is 17.1 Å². The first-order chi connectivity index (χ1) is 8.75. The lowest BCUT2D eigenvalue weighted by molar-refractivity contribution is 0.134. The van der Waals surface area contributed by atoms with E-state index in [0.717, 1.165) is 17.3 Å². The number of pyridine rings is 1. The average molecular weight is 259 g/mol. The molecule has 0 amide bonds. The van der Waals surface area contributed by atoms with Gasteiger partial charge >= 0.3 is 5.30 Å². The van der Waals surface area contributed by atoms with Crippen molar-refractivity contribution < 1.29 is 9.53 Å². The minimum absolute atomic E-state index is 0.255. The molecule has 0 saturated carbocycles. The predicted octanol–water partition coefficient (Wildman–Crippen LogP) is 4.07. The van der Waals surface area contributed by atoms with Crippen molar-refractivity contribution in [3.05, 3.63) is 60.3 Å². The second kappa shape index (κ2) is 6.21. The number of ether oxygens (including phenoxy) is 1. The van der Waals surface area contributed by atoms with Crippen LogP contribution < -0.4 is 0 Å². The van der Waals surface area contributed by atoms with Crippen molar-refractivity contribution in [1.82, 2.24) is 4.98 Å². The maximum absolute atomic E-state index is 11.7. The Balaban J connectivity index is 1.92. The molecule has 0 spiro atoms. The molecule has 1 heterocycles. The van der Waals surface area contributed by atoms with Crippen LogP contribution in [-0.4, -0.2) is 10.3 Å². The van der Waals surface area contributed by atoms with E-state index < -0.39 is 0 Å². The van der Waals surface area contributed by atoms with Crippen LogP contribution in [0.15, 0.2) is 59.8 Å². The Morgan fingerprint density at radius 2 is 1.89 bits per heavy atom. The van der Waals surface area contributed by atoms with Crippen molar-refractivity contribution in [2.75, 3.05) is 0 Å². The first kappa shape index (κ1) is 12.6. The van der Waals surface area contributed by atoms with Gasteiger partial charge in [0, 0.05) is 18.0 Å². The van der Waals surface area contributed by atoms with E-state index in [9.17, 15) is 4.79 Å². The highest BCUT2D eigenvalue weighted by Crippen LogP contribution is 2.23. The second-order valence-corrected chi connectivity index (χ2v) is 4.65. The molecule has 1 aromatic carbocycles. The third-order valence-electron chi connectivity index (χ3n) is 2.37. The van der Waals surface area contributed by atoms with E-state index >= 15 is 0 Å². The number of aromatic nitrogens is 1. The quantitative estimate of drug-likeness (QED) is 0.615. The summed E-state index contributed by atoms with van der Waals surface area (Å²) in [4.78, 5) is 15.8. The largest absolute Gasteiger partial charge is 0.449 e. The van der Waals surface area contributed by atoms with Crippen LogP contribution in [0.1, 0.15) is 18.6 Å². The van der Waals surface area contributed by atoms with Crippen LogP contribution in [0.5, 0.6) is 0 Å². The van der Waals surface area contributed by atoms with E-state index in [1.807, 2.05) is 49.4 Å². The van der Waals surface area contributed by atoms with E-state index in [1.54, 1.807) is 12.3 Å². The summed E-state index contributed by atoms with van der Waals surface area (Å²) < 4.78 is 5.32. The molecule has 0 fully saturated rings. The molecule has 0 N–H and O–H groups in total. The molecule has 0 aliphatic heterocycles. The maximum Gasteiger partial charge on any atom is 0.374 e. The van der Waals surface area contributed by atoms with Gasteiger partial charge in [0.2, 0.25) is 0 Å². The highest BCUT2D eigenvalue weighted by atomic mass is 32.2. The molecule has 1 aromatic heterocycles. The summed E-state index contributed by atoms with van der Waals surface area (Å²) in [5, 5.41) is 0.299. The van der Waals surface area contributed by atoms with Gasteiger partial charge in [0.15, 0.2) is 0 Å². The lowest BCUT2D eigenvalue weighted by Gasteiger charge is -2.12. The third-order valence-corrected chi connectivity index (χ3v) is 3.08. The maximum atomic E-state index is 11.7. The fourth-order valence-corrected chi connectivity index (χ4v) is 2.08. The molecule has 92 valence electrons. The number of carbonyl (C=O) groups excluding carboxylic acids is 1. The van der Waals surface area contributed by atoms with E-state index in [4.69, 9.17) is 4.74 Å². The monoisotopic (exact) mass is 259 g/mol. The molecule has 1 unspecified atom stereocenters. The van der Waals surface area contributed by atoms with Crippen molar-refractivity contribution in [3.8, 4) is 0 Å². The van der Waals surface area contributed by atoms with Gasteiger partial charge in [-0.3, -0.25) is 0 Å².